The summed E-state index contributed by atoms with van der Waals surface area (Å²) in [5.41, 5.74) is 2.26. The predicted octanol–water partition coefficient (Wildman–Crippen LogP) is 1.96. The highest BCUT2D eigenvalue weighted by molar-refractivity contribution is 6.07. The minimum Gasteiger partial charge on any atom is -0.340 e. The lowest BCUT2D eigenvalue weighted by Crippen LogP contribution is -2.01. The second kappa shape index (κ2) is 3.69. The molecule has 76 valence electrons. The molecule has 0 saturated heterocycles. The molecule has 0 radical (unpaired) electrons. The Morgan fingerprint density at radius 3 is 2.80 bits per heavy atom. The van der Waals surface area contributed by atoms with Crippen molar-refractivity contribution in [2.24, 2.45) is 7.05 Å². The van der Waals surface area contributed by atoms with Gasteiger partial charge in [-0.2, -0.15) is 0 Å². The van der Waals surface area contributed by atoms with E-state index in [1.807, 2.05) is 38.2 Å². The van der Waals surface area contributed by atoms with Gasteiger partial charge in [0.15, 0.2) is 0 Å². The number of hydrogen-bond acceptors (Lipinski definition) is 2. The predicted molar refractivity (Wildman–Crippen MR) is 57.8 cm³/mol. The number of nitrogens with zero attached hydrogens (tertiary/aromatic N) is 2. The van der Waals surface area contributed by atoms with Crippen molar-refractivity contribution in [3.63, 3.8) is 0 Å². The van der Waals surface area contributed by atoms with Crippen LogP contribution in [-0.2, 0) is 7.05 Å². The monoisotopic (exact) mass is 200 g/mol. The number of imidazole rings is 1. The summed E-state index contributed by atoms with van der Waals surface area (Å²) in [6, 6.07) is 7.53. The normalized spacial score (nSPS) is 10.3. The van der Waals surface area contributed by atoms with Crippen molar-refractivity contribution >= 4 is 5.78 Å². The van der Waals surface area contributed by atoms with Crippen molar-refractivity contribution < 1.29 is 4.79 Å². The zero-order valence-electron chi connectivity index (χ0n) is 8.77. The van der Waals surface area contributed by atoms with Crippen molar-refractivity contribution in [1.82, 2.24) is 9.55 Å². The highest BCUT2D eigenvalue weighted by atomic mass is 16.1. The average molecular weight is 200 g/mol. The van der Waals surface area contributed by atoms with E-state index in [1.165, 1.54) is 0 Å². The second-order valence-corrected chi connectivity index (χ2v) is 3.62. The molecule has 0 spiro atoms. The first-order valence-electron chi connectivity index (χ1n) is 4.76. The minimum atomic E-state index is -0.0284. The molecule has 0 saturated carbocycles. The van der Waals surface area contributed by atoms with Gasteiger partial charge in [-0.1, -0.05) is 23.8 Å². The second-order valence-electron chi connectivity index (χ2n) is 3.62. The maximum absolute atomic E-state index is 11.9. The summed E-state index contributed by atoms with van der Waals surface area (Å²) in [4.78, 5) is 16.0. The molecule has 1 heterocycles. The van der Waals surface area contributed by atoms with Crippen LogP contribution in [0.2, 0.25) is 0 Å². The molecule has 0 atom stereocenters. The molecular weight excluding hydrogens is 188 g/mol. The van der Waals surface area contributed by atoms with Gasteiger partial charge in [0.25, 0.3) is 0 Å². The van der Waals surface area contributed by atoms with Gasteiger partial charge in [-0.25, -0.2) is 4.98 Å². The van der Waals surface area contributed by atoms with Gasteiger partial charge in [0, 0.05) is 18.8 Å². The Hall–Kier alpha value is -1.90. The molecule has 0 amide bonds. The van der Waals surface area contributed by atoms with Crippen LogP contribution < -0.4 is 0 Å². The lowest BCUT2D eigenvalue weighted by atomic mass is 10.1. The van der Waals surface area contributed by atoms with Gasteiger partial charge in [-0.05, 0) is 13.0 Å². The Bertz CT molecular complexity index is 500. The zero-order chi connectivity index (χ0) is 10.8. The Morgan fingerprint density at radius 1 is 1.40 bits per heavy atom. The largest absolute Gasteiger partial charge is 0.340 e. The fraction of sp³-hybridized carbons (Fsp3) is 0.167. The summed E-state index contributed by atoms with van der Waals surface area (Å²) in [5, 5.41) is 0. The van der Waals surface area contributed by atoms with Crippen molar-refractivity contribution in [1.29, 1.82) is 0 Å². The summed E-state index contributed by atoms with van der Waals surface area (Å²) >= 11 is 0. The van der Waals surface area contributed by atoms with Gasteiger partial charge < -0.3 is 4.57 Å². The lowest BCUT2D eigenvalue weighted by molar-refractivity contribution is 0.103. The van der Waals surface area contributed by atoms with Crippen LogP contribution in [0.4, 0.5) is 0 Å². The number of benzene rings is 1. The molecule has 0 aliphatic rings. The maximum Gasteiger partial charge on any atom is 0.212 e. The van der Waals surface area contributed by atoms with Crippen molar-refractivity contribution in [3.8, 4) is 0 Å². The van der Waals surface area contributed by atoms with Crippen LogP contribution in [0.25, 0.3) is 0 Å². The number of ketones is 1. The third kappa shape index (κ3) is 1.96. The van der Waals surface area contributed by atoms with E-state index in [4.69, 9.17) is 0 Å². The Kier molecular flexibility index (Phi) is 2.37. The third-order valence-corrected chi connectivity index (χ3v) is 2.22. The number of hydrogen-bond donors (Lipinski definition) is 0. The minimum absolute atomic E-state index is 0.0284. The van der Waals surface area contributed by atoms with Gasteiger partial charge in [0.1, 0.15) is 5.69 Å². The standard InChI is InChI=1S/C12H12N2O/c1-9-4-3-5-10(6-9)12(15)11-7-14(2)8-13-11/h3-8H,1-2H3. The first-order chi connectivity index (χ1) is 7.16. The number of carbonyl (C=O) groups excluding carboxylic acids is 1. The van der Waals surface area contributed by atoms with Gasteiger partial charge in [-0.3, -0.25) is 4.79 Å². The summed E-state index contributed by atoms with van der Waals surface area (Å²) in [5.74, 6) is -0.0284. The molecule has 0 N–H and O–H groups in total. The summed E-state index contributed by atoms with van der Waals surface area (Å²) in [7, 11) is 1.85. The van der Waals surface area contributed by atoms with E-state index in [0.29, 0.717) is 11.3 Å². The number of aryl methyl sites for hydroxylation is 2. The molecule has 0 aliphatic carbocycles. The van der Waals surface area contributed by atoms with Gasteiger partial charge >= 0.3 is 0 Å². The molecule has 2 rings (SSSR count). The van der Waals surface area contributed by atoms with Crippen LogP contribution in [0.3, 0.4) is 0 Å². The SMILES string of the molecule is Cc1cccc(C(=O)c2cn(C)cn2)c1. The van der Waals surface area contributed by atoms with Crippen LogP contribution in [0.15, 0.2) is 36.8 Å². The lowest BCUT2D eigenvalue weighted by Gasteiger charge is -1.98. The molecule has 3 heteroatoms. The highest BCUT2D eigenvalue weighted by Gasteiger charge is 2.11. The zero-order valence-corrected chi connectivity index (χ0v) is 8.77. The quantitative estimate of drug-likeness (QED) is 0.694. The van der Waals surface area contributed by atoms with E-state index < -0.39 is 0 Å². The van der Waals surface area contributed by atoms with E-state index in [0.717, 1.165) is 5.56 Å². The van der Waals surface area contributed by atoms with E-state index in [1.54, 1.807) is 17.1 Å². The molecule has 2 aromatic rings. The molecule has 1 aromatic carbocycles. The molecule has 0 bridgehead atoms. The van der Waals surface area contributed by atoms with Crippen LogP contribution >= 0.6 is 0 Å². The van der Waals surface area contributed by atoms with Crippen molar-refractivity contribution in [3.05, 3.63) is 53.6 Å². The molecule has 15 heavy (non-hydrogen) atoms. The summed E-state index contributed by atoms with van der Waals surface area (Å²) < 4.78 is 1.77. The average Bonchev–Trinajstić information content (AvgIpc) is 2.64. The number of aromatic nitrogens is 2. The van der Waals surface area contributed by atoms with E-state index >= 15 is 0 Å². The highest BCUT2D eigenvalue weighted by Crippen LogP contribution is 2.09. The van der Waals surface area contributed by atoms with E-state index in [9.17, 15) is 4.79 Å². The van der Waals surface area contributed by atoms with Gasteiger partial charge in [-0.15, -0.1) is 0 Å². The topological polar surface area (TPSA) is 34.9 Å². The molecule has 3 nitrogen and oxygen atoms in total. The van der Waals surface area contributed by atoms with Gasteiger partial charge in [0.05, 0.1) is 6.33 Å². The molecular formula is C12H12N2O. The maximum atomic E-state index is 11.9. The Morgan fingerprint density at radius 2 is 2.20 bits per heavy atom. The third-order valence-electron chi connectivity index (χ3n) is 2.22. The van der Waals surface area contributed by atoms with E-state index in [-0.39, 0.29) is 5.78 Å². The molecule has 0 aliphatic heterocycles. The number of rotatable bonds is 2. The summed E-state index contributed by atoms with van der Waals surface area (Å²) in [6.45, 7) is 1.97. The van der Waals surface area contributed by atoms with Gasteiger partial charge in [0.2, 0.25) is 5.78 Å². The van der Waals surface area contributed by atoms with Crippen molar-refractivity contribution in [2.75, 3.05) is 0 Å². The number of carbonyl (C=O) groups is 1. The van der Waals surface area contributed by atoms with Crippen LogP contribution in [0.1, 0.15) is 21.6 Å². The Labute approximate surface area is 88.4 Å². The summed E-state index contributed by atoms with van der Waals surface area (Å²) in [6.07, 6.45) is 3.35. The Balaban J connectivity index is 2.36. The fourth-order valence-electron chi connectivity index (χ4n) is 1.46. The van der Waals surface area contributed by atoms with Crippen LogP contribution in [-0.4, -0.2) is 15.3 Å². The molecule has 0 fully saturated rings. The van der Waals surface area contributed by atoms with E-state index in [2.05, 4.69) is 4.98 Å². The first kappa shape index (κ1) is 9.65. The first-order valence-corrected chi connectivity index (χ1v) is 4.76. The smallest absolute Gasteiger partial charge is 0.212 e. The van der Waals surface area contributed by atoms with Crippen LogP contribution in [0, 0.1) is 6.92 Å². The van der Waals surface area contributed by atoms with Crippen LogP contribution in [0.5, 0.6) is 0 Å². The van der Waals surface area contributed by atoms with Crippen molar-refractivity contribution in [2.45, 2.75) is 6.92 Å². The fourth-order valence-corrected chi connectivity index (χ4v) is 1.46. The molecule has 0 unspecified atom stereocenters. The molecule has 1 aromatic heterocycles.